The molecule has 0 atom stereocenters. The lowest BCUT2D eigenvalue weighted by molar-refractivity contribution is 0.994. The summed E-state index contributed by atoms with van der Waals surface area (Å²) in [5, 5.41) is 3.09. The van der Waals surface area contributed by atoms with Crippen LogP contribution in [-0.2, 0) is 0 Å². The van der Waals surface area contributed by atoms with E-state index in [-0.39, 0.29) is 0 Å². The minimum atomic E-state index is 0.630. The zero-order valence-corrected chi connectivity index (χ0v) is 9.72. The molecule has 17 heavy (non-hydrogen) atoms. The molecule has 1 fully saturated rings. The second-order valence-corrected chi connectivity index (χ2v) is 4.26. The SMILES string of the molecule is CNc1cc(C2CC2)nc(-c2ccncc2)n1. The maximum Gasteiger partial charge on any atom is 0.161 e. The molecule has 0 unspecified atom stereocenters. The summed E-state index contributed by atoms with van der Waals surface area (Å²) in [6.45, 7) is 0. The lowest BCUT2D eigenvalue weighted by Crippen LogP contribution is -2.00. The highest BCUT2D eigenvalue weighted by molar-refractivity contribution is 5.57. The van der Waals surface area contributed by atoms with Crippen LogP contribution in [0.25, 0.3) is 11.4 Å². The first kappa shape index (κ1) is 10.2. The van der Waals surface area contributed by atoms with Gasteiger partial charge in [-0.1, -0.05) is 0 Å². The Morgan fingerprint density at radius 3 is 2.59 bits per heavy atom. The van der Waals surface area contributed by atoms with E-state index in [1.54, 1.807) is 12.4 Å². The van der Waals surface area contributed by atoms with E-state index in [0.717, 1.165) is 22.9 Å². The Morgan fingerprint density at radius 1 is 1.18 bits per heavy atom. The van der Waals surface area contributed by atoms with Crippen molar-refractivity contribution in [1.82, 2.24) is 15.0 Å². The molecule has 0 spiro atoms. The molecule has 0 aromatic carbocycles. The summed E-state index contributed by atoms with van der Waals surface area (Å²) in [5.41, 5.74) is 2.16. The van der Waals surface area contributed by atoms with Gasteiger partial charge >= 0.3 is 0 Å². The van der Waals surface area contributed by atoms with E-state index in [1.165, 1.54) is 12.8 Å². The third-order valence-corrected chi connectivity index (χ3v) is 2.94. The number of nitrogens with zero attached hydrogens (tertiary/aromatic N) is 3. The maximum absolute atomic E-state index is 4.63. The summed E-state index contributed by atoms with van der Waals surface area (Å²) in [4.78, 5) is 13.1. The summed E-state index contributed by atoms with van der Waals surface area (Å²) in [7, 11) is 1.88. The number of rotatable bonds is 3. The Morgan fingerprint density at radius 2 is 1.94 bits per heavy atom. The highest BCUT2D eigenvalue weighted by Gasteiger charge is 2.26. The number of pyridine rings is 1. The molecule has 1 aliphatic rings. The van der Waals surface area contributed by atoms with Crippen molar-refractivity contribution in [3.05, 3.63) is 36.3 Å². The van der Waals surface area contributed by atoms with Crippen molar-refractivity contribution in [2.24, 2.45) is 0 Å². The Bertz CT molecular complexity index is 520. The molecule has 0 radical (unpaired) electrons. The lowest BCUT2D eigenvalue weighted by atomic mass is 10.2. The van der Waals surface area contributed by atoms with Gasteiger partial charge in [0.2, 0.25) is 0 Å². The zero-order valence-electron chi connectivity index (χ0n) is 9.72. The van der Waals surface area contributed by atoms with Gasteiger partial charge in [0.05, 0.1) is 0 Å². The van der Waals surface area contributed by atoms with Gasteiger partial charge in [0, 0.05) is 42.7 Å². The van der Waals surface area contributed by atoms with Crippen molar-refractivity contribution in [3.8, 4) is 11.4 Å². The van der Waals surface area contributed by atoms with E-state index in [1.807, 2.05) is 25.2 Å². The number of hydrogen-bond donors (Lipinski definition) is 1. The molecule has 4 nitrogen and oxygen atoms in total. The van der Waals surface area contributed by atoms with Gasteiger partial charge in [-0.2, -0.15) is 0 Å². The van der Waals surface area contributed by atoms with Crippen molar-refractivity contribution in [2.75, 3.05) is 12.4 Å². The van der Waals surface area contributed by atoms with Crippen LogP contribution in [0.2, 0.25) is 0 Å². The second kappa shape index (κ2) is 4.13. The fourth-order valence-electron chi connectivity index (χ4n) is 1.81. The molecule has 1 N–H and O–H groups in total. The molecule has 3 rings (SSSR count). The maximum atomic E-state index is 4.63. The summed E-state index contributed by atoms with van der Waals surface area (Å²) in [6, 6.07) is 5.92. The van der Waals surface area contributed by atoms with E-state index < -0.39 is 0 Å². The van der Waals surface area contributed by atoms with Gasteiger partial charge < -0.3 is 5.32 Å². The third kappa shape index (κ3) is 2.11. The second-order valence-electron chi connectivity index (χ2n) is 4.26. The van der Waals surface area contributed by atoms with Gasteiger partial charge in [-0.15, -0.1) is 0 Å². The molecule has 0 amide bonds. The van der Waals surface area contributed by atoms with E-state index in [4.69, 9.17) is 0 Å². The standard InChI is InChI=1S/C13H14N4/c1-14-12-8-11(9-2-3-9)16-13(17-12)10-4-6-15-7-5-10/h4-9H,2-3H2,1H3,(H,14,16,17). The van der Waals surface area contributed by atoms with Crippen molar-refractivity contribution >= 4 is 5.82 Å². The molecule has 0 aliphatic heterocycles. The molecular weight excluding hydrogens is 212 g/mol. The molecular formula is C13H14N4. The average Bonchev–Trinajstić information content (AvgIpc) is 3.23. The zero-order chi connectivity index (χ0) is 11.7. The Kier molecular flexibility index (Phi) is 2.48. The summed E-state index contributed by atoms with van der Waals surface area (Å²) in [6.07, 6.45) is 6.02. The van der Waals surface area contributed by atoms with E-state index >= 15 is 0 Å². The fourth-order valence-corrected chi connectivity index (χ4v) is 1.81. The fraction of sp³-hybridized carbons (Fsp3) is 0.308. The number of aromatic nitrogens is 3. The van der Waals surface area contributed by atoms with E-state index in [9.17, 15) is 0 Å². The largest absolute Gasteiger partial charge is 0.373 e. The molecule has 2 heterocycles. The predicted molar refractivity (Wildman–Crippen MR) is 66.8 cm³/mol. The van der Waals surface area contributed by atoms with E-state index in [0.29, 0.717) is 5.92 Å². The number of nitrogens with one attached hydrogen (secondary N) is 1. The molecule has 0 bridgehead atoms. The summed E-state index contributed by atoms with van der Waals surface area (Å²) in [5.74, 6) is 2.29. The van der Waals surface area contributed by atoms with Crippen LogP contribution in [0.4, 0.5) is 5.82 Å². The molecule has 86 valence electrons. The smallest absolute Gasteiger partial charge is 0.161 e. The Balaban J connectivity index is 2.06. The molecule has 0 saturated heterocycles. The molecule has 4 heteroatoms. The van der Waals surface area contributed by atoms with Gasteiger partial charge in [-0.25, -0.2) is 9.97 Å². The van der Waals surface area contributed by atoms with Crippen molar-refractivity contribution in [1.29, 1.82) is 0 Å². The van der Waals surface area contributed by atoms with Gasteiger partial charge in [0.25, 0.3) is 0 Å². The van der Waals surface area contributed by atoms with Crippen molar-refractivity contribution < 1.29 is 0 Å². The molecule has 2 aromatic heterocycles. The van der Waals surface area contributed by atoms with Crippen LogP contribution in [0.5, 0.6) is 0 Å². The lowest BCUT2D eigenvalue weighted by Gasteiger charge is -2.06. The third-order valence-electron chi connectivity index (χ3n) is 2.94. The van der Waals surface area contributed by atoms with Crippen LogP contribution in [0, 0.1) is 0 Å². The molecule has 1 aliphatic carbocycles. The van der Waals surface area contributed by atoms with Crippen LogP contribution >= 0.6 is 0 Å². The average molecular weight is 226 g/mol. The van der Waals surface area contributed by atoms with Crippen LogP contribution in [0.3, 0.4) is 0 Å². The highest BCUT2D eigenvalue weighted by atomic mass is 15.0. The molecule has 1 saturated carbocycles. The highest BCUT2D eigenvalue weighted by Crippen LogP contribution is 2.40. The Hall–Kier alpha value is -1.97. The van der Waals surface area contributed by atoms with E-state index in [2.05, 4.69) is 20.3 Å². The normalized spacial score (nSPS) is 14.6. The van der Waals surface area contributed by atoms with Crippen molar-refractivity contribution in [3.63, 3.8) is 0 Å². The number of hydrogen-bond acceptors (Lipinski definition) is 4. The predicted octanol–water partition coefficient (Wildman–Crippen LogP) is 2.46. The first-order valence-corrected chi connectivity index (χ1v) is 5.84. The summed E-state index contributed by atoms with van der Waals surface area (Å²) >= 11 is 0. The minimum Gasteiger partial charge on any atom is -0.373 e. The quantitative estimate of drug-likeness (QED) is 0.873. The van der Waals surface area contributed by atoms with Gasteiger partial charge in [0.1, 0.15) is 5.82 Å². The van der Waals surface area contributed by atoms with Crippen LogP contribution in [0.1, 0.15) is 24.5 Å². The minimum absolute atomic E-state index is 0.630. The first-order valence-electron chi connectivity index (χ1n) is 5.84. The monoisotopic (exact) mass is 226 g/mol. The van der Waals surface area contributed by atoms with Crippen molar-refractivity contribution in [2.45, 2.75) is 18.8 Å². The van der Waals surface area contributed by atoms with Crippen LogP contribution in [-0.4, -0.2) is 22.0 Å². The molecule has 2 aromatic rings. The first-order chi connectivity index (χ1) is 8.36. The Labute approximate surface area is 100 Å². The number of anilines is 1. The summed E-state index contributed by atoms with van der Waals surface area (Å²) < 4.78 is 0. The van der Waals surface area contributed by atoms with Gasteiger partial charge in [0.15, 0.2) is 5.82 Å². The van der Waals surface area contributed by atoms with Crippen LogP contribution < -0.4 is 5.32 Å². The van der Waals surface area contributed by atoms with Gasteiger partial charge in [-0.05, 0) is 25.0 Å². The topological polar surface area (TPSA) is 50.7 Å². The van der Waals surface area contributed by atoms with Gasteiger partial charge in [-0.3, -0.25) is 4.98 Å². The van der Waals surface area contributed by atoms with Crippen LogP contribution in [0.15, 0.2) is 30.6 Å².